The van der Waals surface area contributed by atoms with Crippen LogP contribution < -0.4 is 0 Å². The highest BCUT2D eigenvalue weighted by molar-refractivity contribution is 7.99. The fourth-order valence-electron chi connectivity index (χ4n) is 1.40. The molecular weight excluding hydrogens is 230 g/mol. The molecule has 0 radical (unpaired) electrons. The van der Waals surface area contributed by atoms with Gasteiger partial charge in [-0.2, -0.15) is 5.26 Å². The van der Waals surface area contributed by atoms with Crippen LogP contribution in [0.3, 0.4) is 0 Å². The van der Waals surface area contributed by atoms with Crippen molar-refractivity contribution in [1.82, 2.24) is 9.97 Å². The number of benzene rings is 1. The molecule has 0 saturated heterocycles. The Labute approximate surface area is 105 Å². The van der Waals surface area contributed by atoms with Gasteiger partial charge in [0.05, 0.1) is 0 Å². The first-order chi connectivity index (χ1) is 8.20. The second-order valence-corrected chi connectivity index (χ2v) is 4.72. The average Bonchev–Trinajstić information content (AvgIpc) is 2.34. The summed E-state index contributed by atoms with van der Waals surface area (Å²) in [6.45, 7) is 4.09. The summed E-state index contributed by atoms with van der Waals surface area (Å²) in [6, 6.07) is 8.29. The maximum absolute atomic E-state index is 8.95. The summed E-state index contributed by atoms with van der Waals surface area (Å²) in [5.41, 5.74) is 2.74. The number of nitriles is 1. The third kappa shape index (κ3) is 2.63. The lowest BCUT2D eigenvalue weighted by Gasteiger charge is -2.06. The highest BCUT2D eigenvalue weighted by Gasteiger charge is 2.08. The predicted molar refractivity (Wildman–Crippen MR) is 66.8 cm³/mol. The molecule has 84 valence electrons. The lowest BCUT2D eigenvalue weighted by molar-refractivity contribution is 1.02. The van der Waals surface area contributed by atoms with E-state index >= 15 is 0 Å². The van der Waals surface area contributed by atoms with E-state index in [1.165, 1.54) is 29.1 Å². The van der Waals surface area contributed by atoms with Gasteiger partial charge < -0.3 is 0 Å². The molecule has 0 aliphatic rings. The van der Waals surface area contributed by atoms with Crippen LogP contribution >= 0.6 is 11.8 Å². The lowest BCUT2D eigenvalue weighted by atomic mass is 10.2. The zero-order valence-electron chi connectivity index (χ0n) is 9.64. The molecule has 2 rings (SSSR count). The predicted octanol–water partition coefficient (Wildman–Crippen LogP) is 3.12. The molecule has 17 heavy (non-hydrogen) atoms. The van der Waals surface area contributed by atoms with Crippen LogP contribution in [0.25, 0.3) is 0 Å². The molecule has 3 nitrogen and oxygen atoms in total. The van der Waals surface area contributed by atoms with E-state index in [-0.39, 0.29) is 0 Å². The van der Waals surface area contributed by atoms with Gasteiger partial charge >= 0.3 is 0 Å². The lowest BCUT2D eigenvalue weighted by Crippen LogP contribution is -1.91. The molecule has 1 heterocycles. The summed E-state index contributed by atoms with van der Waals surface area (Å²) in [4.78, 5) is 9.31. The van der Waals surface area contributed by atoms with Crippen LogP contribution in [0.5, 0.6) is 0 Å². The monoisotopic (exact) mass is 241 g/mol. The number of nitrogens with zero attached hydrogens (tertiary/aromatic N) is 3. The molecule has 0 saturated carbocycles. The van der Waals surface area contributed by atoms with E-state index in [4.69, 9.17) is 5.26 Å². The Bertz CT molecular complexity index is 587. The number of hydrogen-bond donors (Lipinski definition) is 0. The van der Waals surface area contributed by atoms with Gasteiger partial charge in [-0.3, -0.25) is 0 Å². The molecule has 1 aromatic heterocycles. The molecule has 0 fully saturated rings. The van der Waals surface area contributed by atoms with Crippen LogP contribution in [-0.4, -0.2) is 9.97 Å². The summed E-state index contributed by atoms with van der Waals surface area (Å²) >= 11 is 1.48. The molecular formula is C13H11N3S. The fraction of sp³-hybridized carbons (Fsp3) is 0.154. The fourth-order valence-corrected chi connectivity index (χ4v) is 2.39. The second-order valence-electron chi connectivity index (χ2n) is 3.69. The zero-order chi connectivity index (χ0) is 12.3. The highest BCUT2D eigenvalue weighted by atomic mass is 32.2. The van der Waals surface area contributed by atoms with Crippen molar-refractivity contribution in [3.63, 3.8) is 0 Å². The minimum atomic E-state index is 0.374. The van der Waals surface area contributed by atoms with E-state index < -0.39 is 0 Å². The van der Waals surface area contributed by atoms with Crippen LogP contribution in [0.4, 0.5) is 0 Å². The van der Waals surface area contributed by atoms with Crippen LogP contribution in [0.2, 0.25) is 0 Å². The number of hydrogen-bond acceptors (Lipinski definition) is 4. The van der Waals surface area contributed by atoms with Crippen molar-refractivity contribution in [2.75, 3.05) is 0 Å². The third-order valence-corrected chi connectivity index (χ3v) is 3.47. The first-order valence-corrected chi connectivity index (χ1v) is 5.98. The van der Waals surface area contributed by atoms with Gasteiger partial charge in [0.2, 0.25) is 0 Å². The molecule has 0 unspecified atom stereocenters. The first-order valence-electron chi connectivity index (χ1n) is 5.17. The van der Waals surface area contributed by atoms with E-state index in [1.54, 1.807) is 6.20 Å². The van der Waals surface area contributed by atoms with E-state index in [1.807, 2.05) is 13.8 Å². The molecule has 0 aliphatic carbocycles. The Morgan fingerprint density at radius 2 is 1.94 bits per heavy atom. The number of aryl methyl sites for hydroxylation is 2. The van der Waals surface area contributed by atoms with Crippen molar-refractivity contribution in [1.29, 1.82) is 5.26 Å². The molecule has 2 aromatic rings. The molecule has 0 amide bonds. The largest absolute Gasteiger partial charge is 0.245 e. The van der Waals surface area contributed by atoms with Crippen molar-refractivity contribution in [3.05, 3.63) is 47.4 Å². The van der Waals surface area contributed by atoms with Gasteiger partial charge in [0.15, 0.2) is 5.69 Å². The average molecular weight is 241 g/mol. The minimum Gasteiger partial charge on any atom is -0.245 e. The molecule has 0 atom stereocenters. The Balaban J connectivity index is 2.38. The summed E-state index contributed by atoms with van der Waals surface area (Å²) in [5, 5.41) is 9.61. The van der Waals surface area contributed by atoms with E-state index in [0.29, 0.717) is 10.7 Å². The van der Waals surface area contributed by atoms with E-state index in [9.17, 15) is 0 Å². The number of rotatable bonds is 2. The first kappa shape index (κ1) is 11.6. The Morgan fingerprint density at radius 1 is 1.18 bits per heavy atom. The normalized spacial score (nSPS) is 9.94. The molecule has 4 heteroatoms. The smallest absolute Gasteiger partial charge is 0.173 e. The molecule has 0 aliphatic heterocycles. The SMILES string of the molecule is Cc1ccc(C)c(Sc2nccnc2C#N)c1. The van der Waals surface area contributed by atoms with Crippen LogP contribution in [-0.2, 0) is 0 Å². The van der Waals surface area contributed by atoms with Crippen LogP contribution in [0, 0.1) is 25.2 Å². The Hall–Kier alpha value is -1.86. The van der Waals surface area contributed by atoms with Crippen molar-refractivity contribution in [3.8, 4) is 6.07 Å². The van der Waals surface area contributed by atoms with Gasteiger partial charge in [0, 0.05) is 17.3 Å². The van der Waals surface area contributed by atoms with Gasteiger partial charge in [-0.05, 0) is 31.0 Å². The quantitative estimate of drug-likeness (QED) is 0.810. The number of aromatic nitrogens is 2. The van der Waals surface area contributed by atoms with E-state index in [2.05, 4.69) is 34.2 Å². The van der Waals surface area contributed by atoms with Gasteiger partial charge in [0.1, 0.15) is 11.1 Å². The molecule has 1 aromatic carbocycles. The Kier molecular flexibility index (Phi) is 3.40. The summed E-state index contributed by atoms with van der Waals surface area (Å²) in [7, 11) is 0. The van der Waals surface area contributed by atoms with Crippen LogP contribution in [0.15, 0.2) is 40.5 Å². The standard InChI is InChI=1S/C13H11N3S/c1-9-3-4-10(2)12(7-9)17-13-11(8-14)15-5-6-16-13/h3-7H,1-2H3. The Morgan fingerprint density at radius 3 is 2.71 bits per heavy atom. The van der Waals surface area contributed by atoms with Gasteiger partial charge in [-0.15, -0.1) is 0 Å². The summed E-state index contributed by atoms with van der Waals surface area (Å²) in [5.74, 6) is 0. The maximum atomic E-state index is 8.95. The molecule has 0 bridgehead atoms. The minimum absolute atomic E-state index is 0.374. The van der Waals surface area contributed by atoms with Crippen molar-refractivity contribution in [2.24, 2.45) is 0 Å². The van der Waals surface area contributed by atoms with Gasteiger partial charge in [0.25, 0.3) is 0 Å². The zero-order valence-corrected chi connectivity index (χ0v) is 10.5. The summed E-state index contributed by atoms with van der Waals surface area (Å²) in [6.07, 6.45) is 3.14. The van der Waals surface area contributed by atoms with Gasteiger partial charge in [-0.25, -0.2) is 9.97 Å². The molecule has 0 N–H and O–H groups in total. The van der Waals surface area contributed by atoms with Crippen molar-refractivity contribution < 1.29 is 0 Å². The van der Waals surface area contributed by atoms with Crippen LogP contribution in [0.1, 0.15) is 16.8 Å². The maximum Gasteiger partial charge on any atom is 0.173 e. The van der Waals surface area contributed by atoms with E-state index in [0.717, 1.165) is 4.90 Å². The topological polar surface area (TPSA) is 49.6 Å². The highest BCUT2D eigenvalue weighted by Crippen LogP contribution is 2.30. The van der Waals surface area contributed by atoms with Gasteiger partial charge in [-0.1, -0.05) is 23.9 Å². The van der Waals surface area contributed by atoms with Crippen molar-refractivity contribution in [2.45, 2.75) is 23.8 Å². The molecule has 0 spiro atoms. The summed E-state index contributed by atoms with van der Waals surface area (Å²) < 4.78 is 0. The van der Waals surface area contributed by atoms with Crippen molar-refractivity contribution >= 4 is 11.8 Å². The second kappa shape index (κ2) is 4.98. The third-order valence-electron chi connectivity index (χ3n) is 2.32.